The molecule has 1 heterocycles. The van der Waals surface area contributed by atoms with Gasteiger partial charge in [-0.1, -0.05) is 6.07 Å². The smallest absolute Gasteiger partial charge is 0.124 e. The highest BCUT2D eigenvalue weighted by Gasteiger charge is 2.45. The standard InChI is InChI=1S/C14H16FNS/c1-16(2)9-14(5-6-14)12-8-17-13-7-10(15)3-4-11(12)13/h3-4,7-8H,5-6,9H2,1-2H3. The maximum Gasteiger partial charge on any atom is 0.124 e. The number of nitrogens with zero attached hydrogens (tertiary/aromatic N) is 1. The predicted octanol–water partition coefficient (Wildman–Crippen LogP) is 3.63. The minimum Gasteiger partial charge on any atom is -0.309 e. The summed E-state index contributed by atoms with van der Waals surface area (Å²) >= 11 is 1.66. The zero-order valence-corrected chi connectivity index (χ0v) is 11.0. The van der Waals surface area contributed by atoms with Crippen LogP contribution in [0.15, 0.2) is 23.6 Å². The molecule has 1 nitrogen and oxygen atoms in total. The van der Waals surface area contributed by atoms with Crippen LogP contribution in [0.3, 0.4) is 0 Å². The van der Waals surface area contributed by atoms with Crippen LogP contribution in [0.25, 0.3) is 10.1 Å². The van der Waals surface area contributed by atoms with Gasteiger partial charge in [0.15, 0.2) is 0 Å². The van der Waals surface area contributed by atoms with Crippen molar-refractivity contribution in [2.45, 2.75) is 18.3 Å². The second kappa shape index (κ2) is 3.79. The van der Waals surface area contributed by atoms with E-state index >= 15 is 0 Å². The molecule has 0 bridgehead atoms. The number of hydrogen-bond donors (Lipinski definition) is 0. The van der Waals surface area contributed by atoms with E-state index < -0.39 is 0 Å². The maximum atomic E-state index is 13.2. The summed E-state index contributed by atoms with van der Waals surface area (Å²) in [5, 5.41) is 3.47. The molecular formula is C14H16FNS. The molecule has 0 unspecified atom stereocenters. The first-order valence-corrected chi connectivity index (χ1v) is 6.81. The van der Waals surface area contributed by atoms with Crippen molar-refractivity contribution in [3.05, 3.63) is 35.0 Å². The number of rotatable bonds is 3. The highest BCUT2D eigenvalue weighted by atomic mass is 32.1. The van der Waals surface area contributed by atoms with Crippen LogP contribution >= 0.6 is 11.3 Å². The summed E-state index contributed by atoms with van der Waals surface area (Å²) in [5.41, 5.74) is 1.76. The molecule has 0 spiro atoms. The van der Waals surface area contributed by atoms with Crippen molar-refractivity contribution in [1.29, 1.82) is 0 Å². The molecule has 0 aliphatic heterocycles. The van der Waals surface area contributed by atoms with Gasteiger partial charge in [-0.05, 0) is 55.4 Å². The van der Waals surface area contributed by atoms with Crippen molar-refractivity contribution in [2.75, 3.05) is 20.6 Å². The van der Waals surface area contributed by atoms with Crippen molar-refractivity contribution in [3.63, 3.8) is 0 Å². The van der Waals surface area contributed by atoms with Crippen LogP contribution in [0, 0.1) is 5.82 Å². The van der Waals surface area contributed by atoms with E-state index in [0.29, 0.717) is 5.41 Å². The molecule has 1 aliphatic carbocycles. The Hall–Kier alpha value is -0.930. The molecule has 0 amide bonds. The van der Waals surface area contributed by atoms with Crippen LogP contribution in [0.5, 0.6) is 0 Å². The molecule has 1 aliphatic rings. The monoisotopic (exact) mass is 249 g/mol. The van der Waals surface area contributed by atoms with Crippen molar-refractivity contribution >= 4 is 21.4 Å². The van der Waals surface area contributed by atoms with Gasteiger partial charge in [0.2, 0.25) is 0 Å². The minimum absolute atomic E-state index is 0.136. The van der Waals surface area contributed by atoms with E-state index in [1.165, 1.54) is 23.8 Å². The topological polar surface area (TPSA) is 3.24 Å². The molecule has 0 saturated heterocycles. The first-order chi connectivity index (χ1) is 8.11. The van der Waals surface area contributed by atoms with Crippen molar-refractivity contribution in [3.8, 4) is 0 Å². The van der Waals surface area contributed by atoms with E-state index in [1.807, 2.05) is 6.07 Å². The summed E-state index contributed by atoms with van der Waals surface area (Å²) in [6, 6.07) is 5.16. The van der Waals surface area contributed by atoms with Gasteiger partial charge < -0.3 is 4.90 Å². The Morgan fingerprint density at radius 1 is 1.35 bits per heavy atom. The van der Waals surface area contributed by atoms with Crippen molar-refractivity contribution in [2.24, 2.45) is 0 Å². The van der Waals surface area contributed by atoms with Gasteiger partial charge in [0.25, 0.3) is 0 Å². The Bertz CT molecular complexity index is 554. The summed E-state index contributed by atoms with van der Waals surface area (Å²) in [4.78, 5) is 2.25. The number of halogens is 1. The second-order valence-corrected chi connectivity index (χ2v) is 6.22. The van der Waals surface area contributed by atoms with E-state index in [2.05, 4.69) is 24.4 Å². The summed E-state index contributed by atoms with van der Waals surface area (Å²) in [5.74, 6) is -0.136. The molecule has 90 valence electrons. The number of hydrogen-bond acceptors (Lipinski definition) is 2. The summed E-state index contributed by atoms with van der Waals surface area (Å²) < 4.78 is 14.2. The fourth-order valence-corrected chi connectivity index (χ4v) is 3.79. The molecule has 2 aromatic rings. The first-order valence-electron chi connectivity index (χ1n) is 5.93. The quantitative estimate of drug-likeness (QED) is 0.803. The molecule has 0 atom stereocenters. The fraction of sp³-hybridized carbons (Fsp3) is 0.429. The average molecular weight is 249 g/mol. The molecule has 17 heavy (non-hydrogen) atoms. The Labute approximate surface area is 105 Å². The van der Waals surface area contributed by atoms with Gasteiger partial charge in [0, 0.05) is 16.7 Å². The van der Waals surface area contributed by atoms with Crippen LogP contribution < -0.4 is 0 Å². The number of fused-ring (bicyclic) bond motifs is 1. The van der Waals surface area contributed by atoms with Gasteiger partial charge >= 0.3 is 0 Å². The molecule has 1 aromatic carbocycles. The van der Waals surface area contributed by atoms with Crippen LogP contribution in [0.1, 0.15) is 18.4 Å². The molecule has 3 heteroatoms. The number of benzene rings is 1. The minimum atomic E-state index is -0.136. The number of likely N-dealkylation sites (N-methyl/N-ethyl adjacent to an activating group) is 1. The van der Waals surface area contributed by atoms with Crippen molar-refractivity contribution < 1.29 is 4.39 Å². The third-order valence-corrected chi connectivity index (χ3v) is 4.53. The molecule has 1 fully saturated rings. The van der Waals surface area contributed by atoms with Gasteiger partial charge in [0.05, 0.1) is 0 Å². The summed E-state index contributed by atoms with van der Waals surface area (Å²) in [7, 11) is 4.24. The van der Waals surface area contributed by atoms with E-state index in [4.69, 9.17) is 0 Å². The number of thiophene rings is 1. The van der Waals surface area contributed by atoms with Crippen LogP contribution in [0.2, 0.25) is 0 Å². The highest BCUT2D eigenvalue weighted by Crippen LogP contribution is 2.52. The Morgan fingerprint density at radius 3 is 2.76 bits per heavy atom. The zero-order chi connectivity index (χ0) is 12.0. The molecule has 0 N–H and O–H groups in total. The normalized spacial score (nSPS) is 17.9. The Balaban J connectivity index is 2.06. The fourth-order valence-electron chi connectivity index (χ4n) is 2.68. The van der Waals surface area contributed by atoms with E-state index in [-0.39, 0.29) is 5.82 Å². The SMILES string of the molecule is CN(C)CC1(c2csc3cc(F)ccc23)CC1. The first kappa shape index (κ1) is 11.2. The zero-order valence-electron chi connectivity index (χ0n) is 10.2. The lowest BCUT2D eigenvalue weighted by Crippen LogP contribution is -2.25. The summed E-state index contributed by atoms with van der Waals surface area (Å²) in [6.07, 6.45) is 2.52. The third kappa shape index (κ3) is 1.87. The molecule has 1 saturated carbocycles. The van der Waals surface area contributed by atoms with Gasteiger partial charge in [-0.15, -0.1) is 11.3 Å². The molecule has 0 radical (unpaired) electrons. The Morgan fingerprint density at radius 2 is 2.12 bits per heavy atom. The predicted molar refractivity (Wildman–Crippen MR) is 71.2 cm³/mol. The van der Waals surface area contributed by atoms with E-state index in [0.717, 1.165) is 11.2 Å². The third-order valence-electron chi connectivity index (χ3n) is 3.58. The van der Waals surface area contributed by atoms with E-state index in [9.17, 15) is 4.39 Å². The summed E-state index contributed by atoms with van der Waals surface area (Å²) in [6.45, 7) is 1.09. The molecular weight excluding hydrogens is 233 g/mol. The van der Waals surface area contributed by atoms with Crippen LogP contribution in [-0.2, 0) is 5.41 Å². The van der Waals surface area contributed by atoms with Gasteiger partial charge in [-0.2, -0.15) is 0 Å². The highest BCUT2D eigenvalue weighted by molar-refractivity contribution is 7.17. The van der Waals surface area contributed by atoms with E-state index in [1.54, 1.807) is 23.5 Å². The maximum absolute atomic E-state index is 13.2. The van der Waals surface area contributed by atoms with Crippen LogP contribution in [0.4, 0.5) is 4.39 Å². The lowest BCUT2D eigenvalue weighted by molar-refractivity contribution is 0.364. The van der Waals surface area contributed by atoms with Gasteiger partial charge in [-0.3, -0.25) is 0 Å². The lowest BCUT2D eigenvalue weighted by atomic mass is 9.95. The molecule has 1 aromatic heterocycles. The molecule has 3 rings (SSSR count). The van der Waals surface area contributed by atoms with Gasteiger partial charge in [0.1, 0.15) is 5.82 Å². The second-order valence-electron chi connectivity index (χ2n) is 5.31. The largest absolute Gasteiger partial charge is 0.309 e. The van der Waals surface area contributed by atoms with Crippen LogP contribution in [-0.4, -0.2) is 25.5 Å². The van der Waals surface area contributed by atoms with Crippen molar-refractivity contribution in [1.82, 2.24) is 4.90 Å². The Kier molecular flexibility index (Phi) is 2.49. The lowest BCUT2D eigenvalue weighted by Gasteiger charge is -2.19. The average Bonchev–Trinajstić information content (AvgIpc) is 2.90. The van der Waals surface area contributed by atoms with Gasteiger partial charge in [-0.25, -0.2) is 4.39 Å².